The van der Waals surface area contributed by atoms with Gasteiger partial charge in [-0.15, -0.1) is 6.42 Å². The zero-order valence-electron chi connectivity index (χ0n) is 31.8. The number of anilines is 2. The number of terminal acetylenes is 1. The lowest BCUT2D eigenvalue weighted by atomic mass is 9.79. The van der Waals surface area contributed by atoms with Gasteiger partial charge in [-0.1, -0.05) is 155 Å². The van der Waals surface area contributed by atoms with Crippen LogP contribution in [0.15, 0.2) is 157 Å². The van der Waals surface area contributed by atoms with E-state index in [0.29, 0.717) is 0 Å². The molecule has 2 unspecified atom stereocenters. The molecule has 0 spiro atoms. The van der Waals surface area contributed by atoms with Gasteiger partial charge in [0.25, 0.3) is 0 Å². The minimum atomic E-state index is -0.312. The van der Waals surface area contributed by atoms with Gasteiger partial charge in [0.05, 0.1) is 16.9 Å². The minimum absolute atomic E-state index is 0.0250. The molecule has 2 nitrogen and oxygen atoms in total. The third-order valence-electron chi connectivity index (χ3n) is 11.3. The predicted molar refractivity (Wildman–Crippen MR) is 234 cm³/mol. The number of hydrogen-bond donors (Lipinski definition) is 0. The molecule has 2 aliphatic carbocycles. The molecule has 1 aromatic heterocycles. The Bertz CT molecular complexity index is 2750. The smallest absolute Gasteiger partial charge is 0.0585 e. The zero-order valence-corrected chi connectivity index (χ0v) is 31.8. The van der Waals surface area contributed by atoms with Crippen molar-refractivity contribution < 1.29 is 0 Å². The van der Waals surface area contributed by atoms with Crippen molar-refractivity contribution in [2.75, 3.05) is 4.90 Å². The minimum Gasteiger partial charge on any atom is -0.334 e. The van der Waals surface area contributed by atoms with Crippen LogP contribution in [0.25, 0.3) is 51.2 Å². The first-order chi connectivity index (χ1) is 26.3. The number of allylic oxidation sites excluding steroid dienone is 8. The van der Waals surface area contributed by atoms with Crippen molar-refractivity contribution in [2.24, 2.45) is 5.92 Å². The average molecular weight is 699 g/mol. The number of nitrogens with zero attached hydrogens (tertiary/aromatic N) is 2. The Hall–Kier alpha value is -6.30. The monoisotopic (exact) mass is 698 g/mol. The van der Waals surface area contributed by atoms with Crippen LogP contribution in [0.2, 0.25) is 0 Å². The summed E-state index contributed by atoms with van der Waals surface area (Å²) in [6.45, 7) is 15.7. The Morgan fingerprint density at radius 3 is 2.33 bits per heavy atom. The van der Waals surface area contributed by atoms with Crippen molar-refractivity contribution in [1.82, 2.24) is 4.57 Å². The molecule has 0 saturated heterocycles. The van der Waals surface area contributed by atoms with Gasteiger partial charge in [0, 0.05) is 38.7 Å². The van der Waals surface area contributed by atoms with Crippen LogP contribution in [0.4, 0.5) is 11.4 Å². The summed E-state index contributed by atoms with van der Waals surface area (Å²) in [5.74, 6) is 3.26. The normalized spacial score (nSPS) is 18.2. The van der Waals surface area contributed by atoms with E-state index in [1.807, 2.05) is 6.92 Å². The number of benzene rings is 5. The highest BCUT2D eigenvalue weighted by Crippen LogP contribution is 2.52. The van der Waals surface area contributed by atoms with Crippen molar-refractivity contribution >= 4 is 56.9 Å². The molecule has 8 rings (SSSR count). The fourth-order valence-corrected chi connectivity index (χ4v) is 8.81. The molecule has 0 radical (unpaired) electrons. The maximum Gasteiger partial charge on any atom is 0.0585 e. The van der Waals surface area contributed by atoms with Crippen LogP contribution in [0.5, 0.6) is 0 Å². The van der Waals surface area contributed by atoms with Crippen LogP contribution in [0, 0.1) is 18.3 Å². The topological polar surface area (TPSA) is 8.17 Å². The lowest BCUT2D eigenvalue weighted by molar-refractivity contribution is 0.600. The predicted octanol–water partition coefficient (Wildman–Crippen LogP) is 11.6. The second kappa shape index (κ2) is 13.9. The highest BCUT2D eigenvalue weighted by atomic mass is 15.2. The van der Waals surface area contributed by atoms with Crippen LogP contribution < -0.4 is 15.5 Å². The van der Waals surface area contributed by atoms with Crippen LogP contribution in [-0.4, -0.2) is 10.6 Å². The first-order valence-electron chi connectivity index (χ1n) is 19.0. The Balaban J connectivity index is 1.37. The van der Waals surface area contributed by atoms with Crippen LogP contribution in [0.1, 0.15) is 51.3 Å². The van der Waals surface area contributed by atoms with E-state index in [9.17, 15) is 0 Å². The lowest BCUT2D eigenvalue weighted by Gasteiger charge is -2.40. The van der Waals surface area contributed by atoms with Gasteiger partial charge in [0.2, 0.25) is 0 Å². The van der Waals surface area contributed by atoms with Crippen LogP contribution in [0.3, 0.4) is 0 Å². The Labute approximate surface area is 319 Å². The third-order valence-corrected chi connectivity index (χ3v) is 11.3. The van der Waals surface area contributed by atoms with E-state index in [1.54, 1.807) is 0 Å². The summed E-state index contributed by atoms with van der Waals surface area (Å²) in [4.78, 5) is 2.56. The van der Waals surface area contributed by atoms with Crippen molar-refractivity contribution in [3.63, 3.8) is 0 Å². The van der Waals surface area contributed by atoms with Gasteiger partial charge >= 0.3 is 0 Å². The Morgan fingerprint density at radius 1 is 0.833 bits per heavy atom. The number of fused-ring (bicyclic) bond motifs is 3. The quantitative estimate of drug-likeness (QED) is 0.151. The molecule has 0 aliphatic heterocycles. The molecule has 2 aliphatic rings. The summed E-state index contributed by atoms with van der Waals surface area (Å²) in [7, 11) is 0. The molecule has 6 aromatic rings. The van der Waals surface area contributed by atoms with E-state index in [0.717, 1.165) is 44.0 Å². The molecule has 2 heteroatoms. The van der Waals surface area contributed by atoms with Crippen molar-refractivity contribution in [3.8, 4) is 18.0 Å². The molecular formula is C52H46N2. The van der Waals surface area contributed by atoms with E-state index in [4.69, 9.17) is 6.42 Å². The van der Waals surface area contributed by atoms with Gasteiger partial charge in [-0.05, 0) is 94.8 Å². The summed E-state index contributed by atoms with van der Waals surface area (Å²) in [6.07, 6.45) is 24.1. The number of aromatic nitrogens is 1. The molecule has 0 amide bonds. The van der Waals surface area contributed by atoms with E-state index in [1.165, 1.54) is 38.7 Å². The standard InChI is InChI=1S/C52H46N2/c1-8-11-27-48-36(5)42-31-30-40(34-50(42)53(48)39-22-13-12-14-23-39)54(49-28-18-26-45-41(10-3)46(19-9-2)52(6,7)51(45)49)47-32-29-38(33-35(47)4)44-25-17-21-37-20-15-16-24-43(37)44/h3,8-9,11-35,47H,5H2,1-2,4,6-7H3/b11-8-,19-9-,48-27+. The summed E-state index contributed by atoms with van der Waals surface area (Å²) < 4.78 is 2.35. The summed E-state index contributed by atoms with van der Waals surface area (Å²) in [5, 5.41) is 5.74. The second-order valence-corrected chi connectivity index (χ2v) is 14.9. The van der Waals surface area contributed by atoms with E-state index in [-0.39, 0.29) is 17.4 Å². The number of hydrogen-bond acceptors (Lipinski definition) is 1. The van der Waals surface area contributed by atoms with Gasteiger partial charge in [-0.2, -0.15) is 0 Å². The summed E-state index contributed by atoms with van der Waals surface area (Å²) in [5.41, 5.74) is 11.2. The second-order valence-electron chi connectivity index (χ2n) is 14.9. The van der Waals surface area contributed by atoms with Gasteiger partial charge in [-0.25, -0.2) is 0 Å². The third kappa shape index (κ3) is 5.60. The molecule has 1 heterocycles. The summed E-state index contributed by atoms with van der Waals surface area (Å²) >= 11 is 0. The first-order valence-corrected chi connectivity index (χ1v) is 19.0. The van der Waals surface area contributed by atoms with Crippen molar-refractivity contribution in [1.29, 1.82) is 0 Å². The molecule has 5 aromatic carbocycles. The van der Waals surface area contributed by atoms with Crippen LogP contribution >= 0.6 is 0 Å². The van der Waals surface area contributed by atoms with E-state index >= 15 is 0 Å². The molecule has 0 N–H and O–H groups in total. The Morgan fingerprint density at radius 2 is 1.57 bits per heavy atom. The zero-order chi connectivity index (χ0) is 37.6. The van der Waals surface area contributed by atoms with E-state index in [2.05, 4.69) is 207 Å². The SMILES string of the molecule is C#CC1=C(/C=C\C)C(C)(C)c2c1cccc2N(c1ccc2c(=C)/c(=C\C=C/C)n(-c3ccccc3)c2c1)C1C=CC(c2cccc3ccccc23)=CC1C. The number of rotatable bonds is 7. The van der Waals surface area contributed by atoms with Crippen LogP contribution in [-0.2, 0) is 5.41 Å². The van der Waals surface area contributed by atoms with E-state index < -0.39 is 0 Å². The maximum absolute atomic E-state index is 6.30. The van der Waals surface area contributed by atoms with Gasteiger partial charge < -0.3 is 9.47 Å². The average Bonchev–Trinajstić information content (AvgIpc) is 3.60. The maximum atomic E-state index is 6.30. The molecule has 54 heavy (non-hydrogen) atoms. The molecule has 2 atom stereocenters. The number of para-hydroxylation sites is 1. The van der Waals surface area contributed by atoms with Crippen molar-refractivity contribution in [2.45, 2.75) is 46.1 Å². The largest absolute Gasteiger partial charge is 0.334 e. The highest BCUT2D eigenvalue weighted by molar-refractivity contribution is 5.98. The van der Waals surface area contributed by atoms with Gasteiger partial charge in [0.15, 0.2) is 0 Å². The molecule has 0 saturated carbocycles. The molecular weight excluding hydrogens is 653 g/mol. The lowest BCUT2D eigenvalue weighted by Crippen LogP contribution is -2.37. The summed E-state index contributed by atoms with van der Waals surface area (Å²) in [6, 6.07) is 39.5. The van der Waals surface area contributed by atoms with Gasteiger partial charge in [-0.3, -0.25) is 0 Å². The fourth-order valence-electron chi connectivity index (χ4n) is 8.81. The van der Waals surface area contributed by atoms with Gasteiger partial charge in [0.1, 0.15) is 0 Å². The highest BCUT2D eigenvalue weighted by Gasteiger charge is 2.40. The first kappa shape index (κ1) is 34.8. The van der Waals surface area contributed by atoms with Crippen molar-refractivity contribution in [3.05, 3.63) is 185 Å². The molecule has 264 valence electrons. The Kier molecular flexibility index (Phi) is 8.96. The fraction of sp³-hybridized carbons (Fsp3) is 0.154. The molecule has 0 fully saturated rings. The molecule has 0 bridgehead atoms.